The fourth-order valence-corrected chi connectivity index (χ4v) is 2.01. The molecule has 0 aliphatic heterocycles. The first kappa shape index (κ1) is 9.64. The molecule has 3 nitrogen and oxygen atoms in total. The summed E-state index contributed by atoms with van der Waals surface area (Å²) in [7, 11) is 0. The number of pyridine rings is 1. The molecule has 2 aromatic rings. The summed E-state index contributed by atoms with van der Waals surface area (Å²) in [5.41, 5.74) is 2.26. The molecule has 0 amide bonds. The monoisotopic (exact) mass is 300 g/mol. The number of rotatable bonds is 0. The Labute approximate surface area is 94.9 Å². The minimum Gasteiger partial charge on any atom is -0.269 e. The summed E-state index contributed by atoms with van der Waals surface area (Å²) in [5, 5.41) is 0. The average Bonchev–Trinajstić information content (AvgIpc) is 2.14. The number of fused-ring (bicyclic) bond motifs is 1. The van der Waals surface area contributed by atoms with Crippen molar-refractivity contribution in [3.63, 3.8) is 0 Å². The number of aryl methyl sites for hydroxylation is 1. The van der Waals surface area contributed by atoms with Gasteiger partial charge in [0.15, 0.2) is 0 Å². The lowest BCUT2D eigenvalue weighted by Gasteiger charge is -2.05. The molecule has 2 heterocycles. The third-order valence-corrected chi connectivity index (χ3v) is 3.11. The largest absolute Gasteiger partial charge is 0.269 e. The van der Waals surface area contributed by atoms with Gasteiger partial charge < -0.3 is 0 Å². The Hall–Kier alpha value is -0.910. The zero-order chi connectivity index (χ0) is 10.3. The number of hydrogen-bond donors (Lipinski definition) is 0. The average molecular weight is 300 g/mol. The normalized spacial score (nSPS) is 10.8. The molecule has 2 aromatic heterocycles. The zero-order valence-corrected chi connectivity index (χ0v) is 10.1. The van der Waals surface area contributed by atoms with Crippen LogP contribution in [0.2, 0.25) is 0 Å². The van der Waals surface area contributed by atoms with Crippen molar-refractivity contribution >= 4 is 28.2 Å². The molecule has 0 radical (unpaired) electrons. The predicted octanol–water partition coefficient (Wildman–Crippen LogP) is 1.92. The number of aromatic nitrogens is 2. The molecule has 0 aliphatic rings. The van der Waals surface area contributed by atoms with E-state index in [4.69, 9.17) is 0 Å². The highest BCUT2D eigenvalue weighted by Crippen LogP contribution is 2.07. The summed E-state index contributed by atoms with van der Waals surface area (Å²) in [6.07, 6.45) is 0. The summed E-state index contributed by atoms with van der Waals surface area (Å²) in [4.78, 5) is 16.2. The van der Waals surface area contributed by atoms with E-state index in [1.165, 1.54) is 0 Å². The molecule has 4 heteroatoms. The van der Waals surface area contributed by atoms with Crippen LogP contribution in [0.25, 0.3) is 5.65 Å². The molecule has 0 fully saturated rings. The van der Waals surface area contributed by atoms with Crippen LogP contribution in [0.1, 0.15) is 11.3 Å². The maximum absolute atomic E-state index is 11.9. The first-order valence-corrected chi connectivity index (χ1v) is 5.33. The van der Waals surface area contributed by atoms with E-state index in [2.05, 4.69) is 27.6 Å². The van der Waals surface area contributed by atoms with Crippen molar-refractivity contribution < 1.29 is 0 Å². The second-order valence-electron chi connectivity index (χ2n) is 3.17. The van der Waals surface area contributed by atoms with Crippen molar-refractivity contribution in [3.8, 4) is 0 Å². The van der Waals surface area contributed by atoms with Crippen molar-refractivity contribution in [1.82, 2.24) is 9.38 Å². The van der Waals surface area contributed by atoms with Crippen LogP contribution in [0.4, 0.5) is 0 Å². The van der Waals surface area contributed by atoms with Crippen LogP contribution in [0.3, 0.4) is 0 Å². The van der Waals surface area contributed by atoms with Gasteiger partial charge in [0.2, 0.25) is 0 Å². The molecular weight excluding hydrogens is 291 g/mol. The van der Waals surface area contributed by atoms with E-state index in [1.54, 1.807) is 11.3 Å². The third kappa shape index (κ3) is 1.33. The fraction of sp³-hybridized carbons (Fsp3) is 0.200. The fourth-order valence-electron chi connectivity index (χ4n) is 1.34. The minimum atomic E-state index is 0.0255. The number of halogens is 1. The van der Waals surface area contributed by atoms with Crippen LogP contribution in [-0.2, 0) is 0 Å². The van der Waals surface area contributed by atoms with Crippen molar-refractivity contribution in [1.29, 1.82) is 0 Å². The van der Waals surface area contributed by atoms with Crippen LogP contribution < -0.4 is 5.56 Å². The summed E-state index contributed by atoms with van der Waals surface area (Å²) >= 11 is 2.14. The zero-order valence-electron chi connectivity index (χ0n) is 7.91. The van der Waals surface area contributed by atoms with Gasteiger partial charge in [0.1, 0.15) is 5.65 Å². The first-order valence-electron chi connectivity index (χ1n) is 4.26. The Balaban J connectivity index is 3.07. The van der Waals surface area contributed by atoms with E-state index >= 15 is 0 Å². The van der Waals surface area contributed by atoms with E-state index < -0.39 is 0 Å². The van der Waals surface area contributed by atoms with Gasteiger partial charge in [0.05, 0.1) is 3.70 Å². The highest BCUT2D eigenvalue weighted by atomic mass is 127. The Bertz CT molecular complexity index is 560. The second kappa shape index (κ2) is 3.34. The van der Waals surface area contributed by atoms with Gasteiger partial charge in [-0.25, -0.2) is 4.98 Å². The van der Waals surface area contributed by atoms with E-state index in [0.717, 1.165) is 9.39 Å². The molecule has 0 N–H and O–H groups in total. The van der Waals surface area contributed by atoms with Gasteiger partial charge in [-0.15, -0.1) is 0 Å². The first-order chi connectivity index (χ1) is 6.61. The molecule has 0 saturated heterocycles. The van der Waals surface area contributed by atoms with E-state index in [0.29, 0.717) is 11.2 Å². The lowest BCUT2D eigenvalue weighted by Crippen LogP contribution is -2.21. The molecule has 0 atom stereocenters. The van der Waals surface area contributed by atoms with Gasteiger partial charge in [-0.3, -0.25) is 9.20 Å². The van der Waals surface area contributed by atoms with Gasteiger partial charge in [-0.1, -0.05) is 6.07 Å². The van der Waals surface area contributed by atoms with E-state index in [1.807, 2.05) is 25.1 Å². The van der Waals surface area contributed by atoms with Gasteiger partial charge in [0, 0.05) is 11.3 Å². The molecule has 2 rings (SSSR count). The summed E-state index contributed by atoms with van der Waals surface area (Å²) < 4.78 is 2.52. The van der Waals surface area contributed by atoms with Crippen LogP contribution in [0.15, 0.2) is 23.0 Å². The van der Waals surface area contributed by atoms with Gasteiger partial charge >= 0.3 is 0 Å². The smallest absolute Gasteiger partial charge is 0.261 e. The number of hydrogen-bond acceptors (Lipinski definition) is 2. The third-order valence-electron chi connectivity index (χ3n) is 2.27. The van der Waals surface area contributed by atoms with Crippen molar-refractivity contribution in [2.24, 2.45) is 0 Å². The Morgan fingerprint density at radius 1 is 1.36 bits per heavy atom. The highest BCUT2D eigenvalue weighted by Gasteiger charge is 2.06. The maximum atomic E-state index is 11.9. The molecule has 0 aromatic carbocycles. The highest BCUT2D eigenvalue weighted by molar-refractivity contribution is 14.1. The summed E-state index contributed by atoms with van der Waals surface area (Å²) in [6.45, 7) is 3.66. The molecule has 0 aliphatic carbocycles. The van der Waals surface area contributed by atoms with Crippen molar-refractivity contribution in [3.05, 3.63) is 43.5 Å². The molecular formula is C10H9IN2O. The standard InChI is InChI=1S/C10H9IN2O/c1-6-7(2)12-9-5-3-4-8(11)13(9)10(6)14/h3-5H,1-2H3. The topological polar surface area (TPSA) is 34.4 Å². The Morgan fingerprint density at radius 3 is 2.79 bits per heavy atom. The molecule has 0 bridgehead atoms. The Morgan fingerprint density at radius 2 is 2.07 bits per heavy atom. The predicted molar refractivity (Wildman–Crippen MR) is 63.7 cm³/mol. The Kier molecular flexibility index (Phi) is 2.30. The van der Waals surface area contributed by atoms with E-state index in [9.17, 15) is 4.79 Å². The summed E-state index contributed by atoms with van der Waals surface area (Å²) in [5.74, 6) is 0. The molecule has 72 valence electrons. The van der Waals surface area contributed by atoms with Crippen LogP contribution >= 0.6 is 22.6 Å². The second-order valence-corrected chi connectivity index (χ2v) is 4.27. The van der Waals surface area contributed by atoms with Gasteiger partial charge in [-0.05, 0) is 48.6 Å². The lowest BCUT2D eigenvalue weighted by molar-refractivity contribution is 0.962. The van der Waals surface area contributed by atoms with E-state index in [-0.39, 0.29) is 5.56 Å². The van der Waals surface area contributed by atoms with Crippen molar-refractivity contribution in [2.45, 2.75) is 13.8 Å². The van der Waals surface area contributed by atoms with Crippen LogP contribution in [-0.4, -0.2) is 9.38 Å². The summed E-state index contributed by atoms with van der Waals surface area (Å²) in [6, 6.07) is 5.64. The lowest BCUT2D eigenvalue weighted by atomic mass is 10.2. The molecule has 0 spiro atoms. The minimum absolute atomic E-state index is 0.0255. The number of nitrogens with zero attached hydrogens (tertiary/aromatic N) is 2. The molecule has 0 unspecified atom stereocenters. The van der Waals surface area contributed by atoms with Gasteiger partial charge in [0.25, 0.3) is 5.56 Å². The van der Waals surface area contributed by atoms with Crippen LogP contribution in [0.5, 0.6) is 0 Å². The van der Waals surface area contributed by atoms with Gasteiger partial charge in [-0.2, -0.15) is 0 Å². The van der Waals surface area contributed by atoms with Crippen molar-refractivity contribution in [2.75, 3.05) is 0 Å². The SMILES string of the molecule is Cc1nc2cccc(I)n2c(=O)c1C. The quantitative estimate of drug-likeness (QED) is 0.550. The van der Waals surface area contributed by atoms with Crippen LogP contribution in [0, 0.1) is 17.5 Å². The molecule has 0 saturated carbocycles. The molecule has 14 heavy (non-hydrogen) atoms. The maximum Gasteiger partial charge on any atom is 0.261 e.